The molecule has 1 N–H and O–H groups in total. The van der Waals surface area contributed by atoms with Crippen LogP contribution in [0.15, 0.2) is 18.2 Å². The van der Waals surface area contributed by atoms with Gasteiger partial charge < -0.3 is 0 Å². The highest BCUT2D eigenvalue weighted by Gasteiger charge is 2.07. The molecule has 0 unspecified atom stereocenters. The summed E-state index contributed by atoms with van der Waals surface area (Å²) in [7, 11) is -3.39. The molecule has 0 saturated heterocycles. The number of hydrogen-bond acceptors (Lipinski definition) is 2. The lowest BCUT2D eigenvalue weighted by Crippen LogP contribution is -2.13. The van der Waals surface area contributed by atoms with Crippen LogP contribution in [0.1, 0.15) is 11.1 Å². The van der Waals surface area contributed by atoms with Gasteiger partial charge in [-0.3, -0.25) is 4.72 Å². The molecule has 78 valence electrons. The Bertz CT molecular complexity index is 428. The number of sulfonamides is 1. The van der Waals surface area contributed by atoms with Crippen molar-refractivity contribution in [2.24, 2.45) is 0 Å². The van der Waals surface area contributed by atoms with Crippen molar-refractivity contribution in [3.05, 3.63) is 29.3 Å². The fraction of sp³-hybridized carbons (Fsp3) is 0.333. The van der Waals surface area contributed by atoms with E-state index in [1.807, 2.05) is 19.9 Å². The molecular weight excluding hydrogens is 222 g/mol. The lowest BCUT2D eigenvalue weighted by atomic mass is 10.1. The largest absolute Gasteiger partial charge is 0.283 e. The summed E-state index contributed by atoms with van der Waals surface area (Å²) in [5.74, 6) is 0. The summed E-state index contributed by atoms with van der Waals surface area (Å²) in [4.78, 5) is 0. The van der Waals surface area contributed by atoms with Crippen molar-refractivity contribution in [3.63, 3.8) is 0 Å². The monoisotopic (exact) mass is 233 g/mol. The van der Waals surface area contributed by atoms with E-state index in [0.29, 0.717) is 5.69 Å². The normalized spacial score (nSPS) is 11.4. The number of aryl methyl sites for hydroxylation is 2. The van der Waals surface area contributed by atoms with Crippen LogP contribution in [0, 0.1) is 13.8 Å². The number of benzene rings is 1. The molecule has 3 nitrogen and oxygen atoms in total. The number of anilines is 1. The minimum atomic E-state index is -3.39. The van der Waals surface area contributed by atoms with E-state index in [2.05, 4.69) is 4.72 Å². The Morgan fingerprint density at radius 2 is 1.93 bits per heavy atom. The fourth-order valence-electron chi connectivity index (χ4n) is 1.01. The molecule has 0 fully saturated rings. The van der Waals surface area contributed by atoms with Crippen LogP contribution in [0.5, 0.6) is 0 Å². The first-order valence-electron chi connectivity index (χ1n) is 4.08. The van der Waals surface area contributed by atoms with Crippen LogP contribution < -0.4 is 4.72 Å². The van der Waals surface area contributed by atoms with E-state index in [1.54, 1.807) is 12.1 Å². The molecule has 1 rings (SSSR count). The van der Waals surface area contributed by atoms with E-state index in [-0.39, 0.29) is 0 Å². The third-order valence-corrected chi connectivity index (χ3v) is 3.62. The zero-order chi connectivity index (χ0) is 10.8. The van der Waals surface area contributed by atoms with Crippen LogP contribution in [0.4, 0.5) is 5.69 Å². The molecule has 0 amide bonds. The van der Waals surface area contributed by atoms with Gasteiger partial charge in [0.05, 0.1) is 0 Å². The third kappa shape index (κ3) is 2.89. The minimum absolute atomic E-state index is 0.431. The number of rotatable bonds is 3. The Balaban J connectivity index is 2.94. The van der Waals surface area contributed by atoms with Crippen molar-refractivity contribution >= 4 is 27.3 Å². The smallest absolute Gasteiger partial charge is 0.246 e. The van der Waals surface area contributed by atoms with Crippen molar-refractivity contribution in [1.82, 2.24) is 0 Å². The summed E-state index contributed by atoms with van der Waals surface area (Å²) in [5, 5.41) is -0.431. The number of halogens is 1. The average molecular weight is 234 g/mol. The van der Waals surface area contributed by atoms with Crippen LogP contribution in [-0.4, -0.2) is 13.6 Å². The summed E-state index contributed by atoms with van der Waals surface area (Å²) in [6.45, 7) is 3.89. The van der Waals surface area contributed by atoms with Gasteiger partial charge in [0.1, 0.15) is 5.21 Å². The van der Waals surface area contributed by atoms with Gasteiger partial charge in [0.2, 0.25) is 10.0 Å². The molecule has 14 heavy (non-hydrogen) atoms. The van der Waals surface area contributed by atoms with E-state index >= 15 is 0 Å². The molecule has 0 spiro atoms. The quantitative estimate of drug-likeness (QED) is 0.814. The van der Waals surface area contributed by atoms with Crippen LogP contribution >= 0.6 is 11.6 Å². The summed E-state index contributed by atoms with van der Waals surface area (Å²) < 4.78 is 24.6. The predicted molar refractivity (Wildman–Crippen MR) is 59.2 cm³/mol. The topological polar surface area (TPSA) is 46.2 Å². The molecule has 5 heteroatoms. The van der Waals surface area contributed by atoms with Gasteiger partial charge in [0, 0.05) is 5.69 Å². The standard InChI is InChI=1S/C9H12ClNO2S/c1-7-3-4-9(5-8(7)2)11-14(12,13)6-10/h3-5,11H,6H2,1-2H3. The van der Waals surface area contributed by atoms with Crippen LogP contribution in [0.25, 0.3) is 0 Å². The summed E-state index contributed by atoms with van der Waals surface area (Å²) >= 11 is 5.26. The lowest BCUT2D eigenvalue weighted by molar-refractivity contribution is 0.605. The van der Waals surface area contributed by atoms with Crippen molar-refractivity contribution in [2.45, 2.75) is 13.8 Å². The van der Waals surface area contributed by atoms with E-state index in [4.69, 9.17) is 11.6 Å². The van der Waals surface area contributed by atoms with Gasteiger partial charge in [-0.2, -0.15) is 0 Å². The molecule has 0 aromatic heterocycles. The first kappa shape index (κ1) is 11.3. The molecule has 0 aliphatic heterocycles. The van der Waals surface area contributed by atoms with Gasteiger partial charge in [-0.15, -0.1) is 11.6 Å². The van der Waals surface area contributed by atoms with Crippen molar-refractivity contribution < 1.29 is 8.42 Å². The third-order valence-electron chi connectivity index (χ3n) is 1.92. The highest BCUT2D eigenvalue weighted by atomic mass is 35.5. The Kier molecular flexibility index (Phi) is 3.39. The number of nitrogens with one attached hydrogen (secondary N) is 1. The second kappa shape index (κ2) is 4.19. The van der Waals surface area contributed by atoms with Gasteiger partial charge in [0.25, 0.3) is 0 Å². The molecule has 0 bridgehead atoms. The predicted octanol–water partition coefficient (Wildman–Crippen LogP) is 2.24. The summed E-state index contributed by atoms with van der Waals surface area (Å²) in [6.07, 6.45) is 0. The SMILES string of the molecule is Cc1ccc(NS(=O)(=O)CCl)cc1C. The van der Waals surface area contributed by atoms with E-state index in [1.165, 1.54) is 0 Å². The van der Waals surface area contributed by atoms with Gasteiger partial charge in [0.15, 0.2) is 0 Å². The van der Waals surface area contributed by atoms with Crippen molar-refractivity contribution in [2.75, 3.05) is 9.93 Å². The lowest BCUT2D eigenvalue weighted by Gasteiger charge is -2.07. The maximum absolute atomic E-state index is 11.1. The first-order chi connectivity index (χ1) is 6.44. The molecule has 0 radical (unpaired) electrons. The van der Waals surface area contributed by atoms with Gasteiger partial charge in [-0.25, -0.2) is 8.42 Å². The zero-order valence-corrected chi connectivity index (χ0v) is 9.61. The molecule has 0 aliphatic rings. The molecule has 0 aliphatic carbocycles. The first-order valence-corrected chi connectivity index (χ1v) is 6.27. The number of hydrogen-bond donors (Lipinski definition) is 1. The van der Waals surface area contributed by atoms with E-state index in [9.17, 15) is 8.42 Å². The maximum atomic E-state index is 11.1. The molecule has 1 aromatic carbocycles. The zero-order valence-electron chi connectivity index (χ0n) is 8.04. The Hall–Kier alpha value is -0.740. The highest BCUT2D eigenvalue weighted by Crippen LogP contribution is 2.15. The number of alkyl halides is 1. The fourth-order valence-corrected chi connectivity index (χ4v) is 1.72. The van der Waals surface area contributed by atoms with Crippen LogP contribution in [0.2, 0.25) is 0 Å². The Morgan fingerprint density at radius 3 is 2.43 bits per heavy atom. The van der Waals surface area contributed by atoms with E-state index in [0.717, 1.165) is 11.1 Å². The van der Waals surface area contributed by atoms with Crippen LogP contribution in [0.3, 0.4) is 0 Å². The van der Waals surface area contributed by atoms with Crippen molar-refractivity contribution in [1.29, 1.82) is 0 Å². The van der Waals surface area contributed by atoms with Gasteiger partial charge in [-0.1, -0.05) is 6.07 Å². The molecule has 0 atom stereocenters. The molecular formula is C9H12ClNO2S. The molecule has 0 heterocycles. The summed E-state index contributed by atoms with van der Waals surface area (Å²) in [5.41, 5.74) is 2.72. The second-order valence-corrected chi connectivity index (χ2v) is 5.43. The Labute approximate surface area is 89.1 Å². The van der Waals surface area contributed by atoms with Crippen LogP contribution in [-0.2, 0) is 10.0 Å². The average Bonchev–Trinajstić information content (AvgIpc) is 2.11. The minimum Gasteiger partial charge on any atom is -0.283 e. The maximum Gasteiger partial charge on any atom is 0.246 e. The van der Waals surface area contributed by atoms with E-state index < -0.39 is 15.2 Å². The van der Waals surface area contributed by atoms with Crippen molar-refractivity contribution in [3.8, 4) is 0 Å². The Morgan fingerprint density at radius 1 is 1.29 bits per heavy atom. The summed E-state index contributed by atoms with van der Waals surface area (Å²) in [6, 6.07) is 5.35. The highest BCUT2D eigenvalue weighted by molar-refractivity contribution is 7.93. The van der Waals surface area contributed by atoms with Gasteiger partial charge >= 0.3 is 0 Å². The molecule has 1 aromatic rings. The molecule has 0 saturated carbocycles. The second-order valence-electron chi connectivity index (χ2n) is 3.12. The van der Waals surface area contributed by atoms with Gasteiger partial charge in [-0.05, 0) is 37.1 Å².